The van der Waals surface area contributed by atoms with Crippen LogP contribution >= 0.6 is 0 Å². The third kappa shape index (κ3) is 3.27. The first-order valence-electron chi connectivity index (χ1n) is 15.7. The minimum Gasteiger partial charge on any atom is -0.508 e. The molecular formula is C32H22N2O2. The third-order valence-corrected chi connectivity index (χ3v) is 6.19. The monoisotopic (exact) mass is 475 g/mol. The number of hydrogen-bond acceptors (Lipinski definition) is 3. The van der Waals surface area contributed by atoms with Crippen LogP contribution in [0, 0.1) is 0 Å². The SMILES string of the molecule is [2H]c1c([2H])c([2H])c(-c2cccc(-c3c([2H])c([2H])c(O)c([2H])c3[2H])c2-c2ccc3nc4n(c3c2)-c2ccccc2OC4)c([2H])c1[2H]. The summed E-state index contributed by atoms with van der Waals surface area (Å²) >= 11 is 0. The average molecular weight is 476 g/mol. The molecule has 4 nitrogen and oxygen atoms in total. The molecule has 2 heterocycles. The van der Waals surface area contributed by atoms with Gasteiger partial charge in [-0.15, -0.1) is 0 Å². The van der Waals surface area contributed by atoms with Crippen molar-refractivity contribution >= 4 is 11.0 Å². The lowest BCUT2D eigenvalue weighted by Crippen LogP contribution is -2.12. The Hall–Kier alpha value is -4.83. The van der Waals surface area contributed by atoms with Crippen molar-refractivity contribution in [3.63, 3.8) is 0 Å². The van der Waals surface area contributed by atoms with Crippen LogP contribution in [0.5, 0.6) is 11.5 Å². The zero-order valence-electron chi connectivity index (χ0n) is 27.7. The van der Waals surface area contributed by atoms with Crippen LogP contribution in [-0.4, -0.2) is 14.7 Å². The predicted octanol–water partition coefficient (Wildman–Crippen LogP) is 7.62. The quantitative estimate of drug-likeness (QED) is 0.286. The first-order chi connectivity index (χ1) is 21.5. The van der Waals surface area contributed by atoms with E-state index in [1.807, 2.05) is 34.9 Å². The first-order valence-corrected chi connectivity index (χ1v) is 11.2. The van der Waals surface area contributed by atoms with E-state index in [0.717, 1.165) is 5.69 Å². The van der Waals surface area contributed by atoms with E-state index in [1.54, 1.807) is 30.3 Å². The van der Waals surface area contributed by atoms with Crippen molar-refractivity contribution < 1.29 is 22.2 Å². The summed E-state index contributed by atoms with van der Waals surface area (Å²) in [5, 5.41) is 10.3. The van der Waals surface area contributed by atoms with Crippen LogP contribution in [0.25, 0.3) is 50.1 Å². The van der Waals surface area contributed by atoms with E-state index in [2.05, 4.69) is 0 Å². The predicted molar refractivity (Wildman–Crippen MR) is 143 cm³/mol. The van der Waals surface area contributed by atoms with Gasteiger partial charge in [0.1, 0.15) is 18.1 Å². The number of phenols is 1. The van der Waals surface area contributed by atoms with Gasteiger partial charge in [0, 0.05) is 0 Å². The number of ether oxygens (including phenoxy) is 1. The van der Waals surface area contributed by atoms with E-state index >= 15 is 0 Å². The lowest BCUT2D eigenvalue weighted by molar-refractivity contribution is 0.280. The van der Waals surface area contributed by atoms with Crippen LogP contribution in [0.3, 0.4) is 0 Å². The Balaban J connectivity index is 1.61. The topological polar surface area (TPSA) is 47.3 Å². The molecule has 0 radical (unpaired) electrons. The molecule has 0 aliphatic carbocycles. The van der Waals surface area contributed by atoms with E-state index in [0.29, 0.717) is 33.7 Å². The minimum atomic E-state index is -0.787. The second-order valence-electron chi connectivity index (χ2n) is 8.28. The number of imidazole rings is 1. The number of phenolic OH excluding ortho intramolecular Hbond substituents is 1. The second-order valence-corrected chi connectivity index (χ2v) is 8.28. The Morgan fingerprint density at radius 3 is 2.33 bits per heavy atom. The molecule has 6 aromatic rings. The number of aromatic nitrogens is 2. The Kier molecular flexibility index (Phi) is 3.01. The van der Waals surface area contributed by atoms with Gasteiger partial charge in [-0.3, -0.25) is 4.57 Å². The zero-order valence-corrected chi connectivity index (χ0v) is 18.7. The number of fused-ring (bicyclic) bond motifs is 5. The average Bonchev–Trinajstić information content (AvgIpc) is 3.43. The van der Waals surface area contributed by atoms with Crippen molar-refractivity contribution in [3.05, 3.63) is 121 Å². The molecule has 0 saturated heterocycles. The van der Waals surface area contributed by atoms with Gasteiger partial charge in [0.15, 0.2) is 5.82 Å². The Bertz CT molecular complexity index is 2100. The summed E-state index contributed by atoms with van der Waals surface area (Å²) in [4.78, 5) is 4.74. The van der Waals surface area contributed by atoms with Gasteiger partial charge in [-0.05, 0) is 69.7 Å². The fraction of sp³-hybridized carbons (Fsp3) is 0.0312. The van der Waals surface area contributed by atoms with Gasteiger partial charge >= 0.3 is 0 Å². The molecule has 1 N–H and O–H groups in total. The molecule has 1 aliphatic heterocycles. The molecule has 1 aromatic heterocycles. The molecule has 4 heteroatoms. The summed E-state index contributed by atoms with van der Waals surface area (Å²) in [5.74, 6) is 0.547. The Morgan fingerprint density at radius 2 is 1.53 bits per heavy atom. The van der Waals surface area contributed by atoms with Gasteiger partial charge in [0.2, 0.25) is 0 Å². The van der Waals surface area contributed by atoms with Crippen LogP contribution in [0.4, 0.5) is 0 Å². The molecule has 0 fully saturated rings. The van der Waals surface area contributed by atoms with Crippen molar-refractivity contribution in [1.29, 1.82) is 0 Å². The molecule has 7 rings (SSSR count). The molecule has 0 amide bonds. The summed E-state index contributed by atoms with van der Waals surface area (Å²) in [6, 6.07) is 13.0. The maximum absolute atomic E-state index is 10.3. The summed E-state index contributed by atoms with van der Waals surface area (Å²) < 4.78 is 84.0. The van der Waals surface area contributed by atoms with Crippen molar-refractivity contribution in [2.45, 2.75) is 6.61 Å². The first kappa shape index (κ1) is 13.3. The maximum Gasteiger partial charge on any atom is 0.152 e. The number of nitrogens with zero attached hydrogens (tertiary/aromatic N) is 2. The third-order valence-electron chi connectivity index (χ3n) is 6.19. The van der Waals surface area contributed by atoms with E-state index < -0.39 is 60.1 Å². The summed E-state index contributed by atoms with van der Waals surface area (Å²) in [5.41, 5.74) is 3.22. The Morgan fingerprint density at radius 1 is 0.778 bits per heavy atom. The van der Waals surface area contributed by atoms with Gasteiger partial charge in [-0.1, -0.05) is 78.7 Å². The normalized spacial score (nSPS) is 15.6. The highest BCUT2D eigenvalue weighted by atomic mass is 16.5. The molecule has 36 heavy (non-hydrogen) atoms. The molecule has 0 unspecified atom stereocenters. The van der Waals surface area contributed by atoms with Crippen LogP contribution in [0.2, 0.25) is 0 Å². The van der Waals surface area contributed by atoms with Gasteiger partial charge in [-0.25, -0.2) is 4.98 Å². The van der Waals surface area contributed by atoms with Crippen LogP contribution in [0.1, 0.15) is 18.2 Å². The van der Waals surface area contributed by atoms with Gasteiger partial charge in [0.25, 0.3) is 0 Å². The van der Waals surface area contributed by atoms with E-state index in [9.17, 15) is 5.11 Å². The molecule has 0 spiro atoms. The molecule has 0 atom stereocenters. The number of rotatable bonds is 3. The standard InChI is InChI=1S/C32H22N2O2/c35-24-16-13-22(14-17-24)26-10-6-9-25(21-7-2-1-3-8-21)32(26)23-15-18-27-29(19-23)34-28-11-4-5-12-30(28)36-20-31(34)33-27/h1-19,35H,20H2/i1D,2D,3D,7D,8D,13D,14D,16D,17D. The van der Waals surface area contributed by atoms with E-state index in [-0.39, 0.29) is 28.9 Å². The lowest BCUT2D eigenvalue weighted by Gasteiger charge is -2.20. The van der Waals surface area contributed by atoms with Crippen molar-refractivity contribution in [1.82, 2.24) is 9.55 Å². The van der Waals surface area contributed by atoms with Crippen LogP contribution in [-0.2, 0) is 6.61 Å². The highest BCUT2D eigenvalue weighted by molar-refractivity contribution is 5.97. The molecule has 172 valence electrons. The van der Waals surface area contributed by atoms with Gasteiger partial charge in [-0.2, -0.15) is 0 Å². The fourth-order valence-electron chi connectivity index (χ4n) is 4.66. The van der Waals surface area contributed by atoms with Crippen molar-refractivity contribution in [3.8, 4) is 50.6 Å². The summed E-state index contributed by atoms with van der Waals surface area (Å²) in [6.07, 6.45) is 0. The van der Waals surface area contributed by atoms with E-state index in [1.165, 1.54) is 0 Å². The fourth-order valence-corrected chi connectivity index (χ4v) is 4.66. The number of hydrogen-bond donors (Lipinski definition) is 1. The number of aromatic hydroxyl groups is 1. The maximum atomic E-state index is 10.3. The van der Waals surface area contributed by atoms with Crippen molar-refractivity contribution in [2.75, 3.05) is 0 Å². The highest BCUT2D eigenvalue weighted by Crippen LogP contribution is 2.42. The zero-order chi connectivity index (χ0) is 31.9. The van der Waals surface area contributed by atoms with Crippen LogP contribution in [0.15, 0.2) is 115 Å². The molecule has 5 aromatic carbocycles. The van der Waals surface area contributed by atoms with Gasteiger partial charge < -0.3 is 9.84 Å². The van der Waals surface area contributed by atoms with Crippen molar-refractivity contribution in [2.24, 2.45) is 0 Å². The molecule has 0 bridgehead atoms. The molecular weight excluding hydrogens is 444 g/mol. The second kappa shape index (κ2) is 8.14. The number of para-hydroxylation sites is 2. The Labute approximate surface area is 221 Å². The van der Waals surface area contributed by atoms with E-state index in [4.69, 9.17) is 22.1 Å². The van der Waals surface area contributed by atoms with Crippen LogP contribution < -0.4 is 4.74 Å². The lowest BCUT2D eigenvalue weighted by atomic mass is 9.87. The summed E-state index contributed by atoms with van der Waals surface area (Å²) in [6.45, 7) is 0.238. The van der Waals surface area contributed by atoms with Gasteiger partial charge in [0.05, 0.1) is 29.1 Å². The highest BCUT2D eigenvalue weighted by Gasteiger charge is 2.22. The smallest absolute Gasteiger partial charge is 0.152 e. The molecule has 1 aliphatic rings. The number of benzene rings is 5. The summed E-state index contributed by atoms with van der Waals surface area (Å²) in [7, 11) is 0. The largest absolute Gasteiger partial charge is 0.508 e. The molecule has 0 saturated carbocycles. The minimum absolute atomic E-state index is 0.0824.